The number of fused-ring (bicyclic) bond motifs is 1. The number of benzene rings is 1. The molecule has 1 saturated heterocycles. The molecule has 3 aromatic rings. The number of aromatic nitrogens is 3. The lowest BCUT2D eigenvalue weighted by atomic mass is 10.2. The molecule has 29 heavy (non-hydrogen) atoms. The summed E-state index contributed by atoms with van der Waals surface area (Å²) in [5.74, 6) is -0.654. The Morgan fingerprint density at radius 2 is 2.00 bits per heavy atom. The summed E-state index contributed by atoms with van der Waals surface area (Å²) in [4.78, 5) is 17.2. The van der Waals surface area contributed by atoms with E-state index in [1.54, 1.807) is 0 Å². The number of amides is 2. The van der Waals surface area contributed by atoms with Crippen molar-refractivity contribution in [2.24, 2.45) is 0 Å². The van der Waals surface area contributed by atoms with Crippen LogP contribution in [0.15, 0.2) is 36.7 Å². The highest BCUT2D eigenvalue weighted by Crippen LogP contribution is 2.25. The summed E-state index contributed by atoms with van der Waals surface area (Å²) < 4.78 is 66.0. The summed E-state index contributed by atoms with van der Waals surface area (Å²) >= 11 is 0. The number of halogens is 5. The summed E-state index contributed by atoms with van der Waals surface area (Å²) in [7, 11) is 0. The lowest BCUT2D eigenvalue weighted by molar-refractivity contribution is -0.127. The van der Waals surface area contributed by atoms with Crippen LogP contribution in [0, 0.1) is 5.82 Å². The quantitative estimate of drug-likeness (QED) is 0.666. The highest BCUT2D eigenvalue weighted by atomic mass is 19.4. The molecule has 3 heterocycles. The Morgan fingerprint density at radius 1 is 1.24 bits per heavy atom. The van der Waals surface area contributed by atoms with E-state index in [1.165, 1.54) is 29.3 Å². The van der Waals surface area contributed by atoms with Crippen LogP contribution in [0.4, 0.5) is 32.4 Å². The maximum atomic E-state index is 14.3. The molecule has 0 saturated carbocycles. The van der Waals surface area contributed by atoms with Crippen LogP contribution in [0.2, 0.25) is 0 Å². The summed E-state index contributed by atoms with van der Waals surface area (Å²) in [6.07, 6.45) is -4.12. The minimum atomic E-state index is -4.37. The number of rotatable bonds is 3. The minimum absolute atomic E-state index is 0.00361. The first-order valence-corrected chi connectivity index (χ1v) is 8.59. The number of nitrogens with zero attached hydrogens (tertiary/aromatic N) is 4. The first-order chi connectivity index (χ1) is 13.7. The molecule has 1 aliphatic heterocycles. The second-order valence-electron chi connectivity index (χ2n) is 6.72. The van der Waals surface area contributed by atoms with Crippen LogP contribution in [-0.2, 0) is 6.42 Å². The van der Waals surface area contributed by atoms with Gasteiger partial charge in [-0.25, -0.2) is 23.2 Å². The number of anilines is 1. The van der Waals surface area contributed by atoms with Crippen molar-refractivity contribution in [2.75, 3.05) is 18.4 Å². The van der Waals surface area contributed by atoms with Gasteiger partial charge >= 0.3 is 12.2 Å². The zero-order chi connectivity index (χ0) is 20.8. The van der Waals surface area contributed by atoms with Crippen LogP contribution in [0.5, 0.6) is 0 Å². The standard InChI is InChI=1S/C18H14F5N5O/c19-12-8-27(9-12)17(29)25-13-1-2-14(20)15(4-13)28-7-11-3-10(5-18(21,22)23)6-24-16(11)26-28/h1-4,6-7,12H,5,8-9H2,(H,25,29). The van der Waals surface area contributed by atoms with E-state index in [0.29, 0.717) is 5.39 Å². The monoisotopic (exact) mass is 411 g/mol. The van der Waals surface area contributed by atoms with Gasteiger partial charge in [-0.15, -0.1) is 5.10 Å². The van der Waals surface area contributed by atoms with Gasteiger partial charge < -0.3 is 10.2 Å². The maximum Gasteiger partial charge on any atom is 0.393 e. The highest BCUT2D eigenvalue weighted by Gasteiger charge is 2.30. The van der Waals surface area contributed by atoms with Crippen LogP contribution in [-0.4, -0.2) is 51.1 Å². The number of carbonyl (C=O) groups is 1. The fourth-order valence-electron chi connectivity index (χ4n) is 2.97. The van der Waals surface area contributed by atoms with Gasteiger partial charge in [0, 0.05) is 23.5 Å². The van der Waals surface area contributed by atoms with Gasteiger partial charge in [-0.3, -0.25) is 0 Å². The van der Waals surface area contributed by atoms with E-state index in [2.05, 4.69) is 15.4 Å². The predicted molar refractivity (Wildman–Crippen MR) is 94.1 cm³/mol. The predicted octanol–water partition coefficient (Wildman–Crippen LogP) is 3.85. The van der Waals surface area contributed by atoms with Gasteiger partial charge in [-0.05, 0) is 29.8 Å². The SMILES string of the molecule is O=C(Nc1ccc(F)c(-n2cc3cc(CC(F)(F)F)cnc3n2)c1)N1CC(F)C1. The minimum Gasteiger partial charge on any atom is -0.319 e. The Labute approximate surface area is 160 Å². The molecule has 0 bridgehead atoms. The second kappa shape index (κ2) is 6.98. The molecule has 1 fully saturated rings. The fraction of sp³-hybridized carbons (Fsp3) is 0.278. The molecule has 0 aliphatic carbocycles. The first kappa shape index (κ1) is 19.1. The zero-order valence-corrected chi connectivity index (χ0v) is 14.7. The summed E-state index contributed by atoms with van der Waals surface area (Å²) in [6.45, 7) is -0.00722. The van der Waals surface area contributed by atoms with Crippen LogP contribution in [0.3, 0.4) is 0 Å². The summed E-state index contributed by atoms with van der Waals surface area (Å²) in [6, 6.07) is 4.56. The van der Waals surface area contributed by atoms with Crippen LogP contribution in [0.25, 0.3) is 16.7 Å². The van der Waals surface area contributed by atoms with Crippen molar-refractivity contribution in [2.45, 2.75) is 18.8 Å². The van der Waals surface area contributed by atoms with Crippen LogP contribution >= 0.6 is 0 Å². The lowest BCUT2D eigenvalue weighted by Gasteiger charge is -2.34. The third-order valence-electron chi connectivity index (χ3n) is 4.39. The number of alkyl halides is 4. The summed E-state index contributed by atoms with van der Waals surface area (Å²) in [5, 5.41) is 6.94. The van der Waals surface area contributed by atoms with Gasteiger partial charge in [0.1, 0.15) is 17.7 Å². The number of hydrogen-bond acceptors (Lipinski definition) is 3. The molecular weight excluding hydrogens is 397 g/mol. The van der Waals surface area contributed by atoms with Crippen molar-refractivity contribution in [3.8, 4) is 5.69 Å². The number of likely N-dealkylation sites (tertiary alicyclic amines) is 1. The largest absolute Gasteiger partial charge is 0.393 e. The van der Waals surface area contributed by atoms with E-state index >= 15 is 0 Å². The Bertz CT molecular complexity index is 1070. The van der Waals surface area contributed by atoms with Crippen molar-refractivity contribution in [1.29, 1.82) is 0 Å². The average molecular weight is 411 g/mol. The molecule has 11 heteroatoms. The molecule has 1 aromatic carbocycles. The number of pyridine rings is 1. The Kier molecular flexibility index (Phi) is 4.59. The molecule has 0 radical (unpaired) electrons. The third kappa shape index (κ3) is 4.13. The van der Waals surface area contributed by atoms with Crippen molar-refractivity contribution in [3.63, 3.8) is 0 Å². The molecule has 2 amide bonds. The fourth-order valence-corrected chi connectivity index (χ4v) is 2.97. The molecular formula is C18H14F5N5O. The molecule has 0 atom stereocenters. The Balaban J connectivity index is 1.60. The maximum absolute atomic E-state index is 14.3. The van der Waals surface area contributed by atoms with Crippen molar-refractivity contribution >= 4 is 22.8 Å². The Hall–Kier alpha value is -3.24. The normalized spacial score (nSPS) is 14.9. The second-order valence-corrected chi connectivity index (χ2v) is 6.72. The van der Waals surface area contributed by atoms with Gasteiger partial charge in [0.2, 0.25) is 0 Å². The zero-order valence-electron chi connectivity index (χ0n) is 14.7. The Morgan fingerprint density at radius 3 is 2.69 bits per heavy atom. The van der Waals surface area contributed by atoms with Gasteiger partial charge in [-0.1, -0.05) is 0 Å². The van der Waals surface area contributed by atoms with Gasteiger partial charge in [0.25, 0.3) is 0 Å². The molecule has 152 valence electrons. The smallest absolute Gasteiger partial charge is 0.319 e. The van der Waals surface area contributed by atoms with E-state index in [9.17, 15) is 26.7 Å². The van der Waals surface area contributed by atoms with Crippen LogP contribution < -0.4 is 5.32 Å². The lowest BCUT2D eigenvalue weighted by Crippen LogP contribution is -2.53. The van der Waals surface area contributed by atoms with Crippen molar-refractivity contribution in [1.82, 2.24) is 19.7 Å². The molecule has 0 spiro atoms. The molecule has 4 rings (SSSR count). The van der Waals surface area contributed by atoms with Crippen molar-refractivity contribution < 1.29 is 26.7 Å². The average Bonchev–Trinajstić information content (AvgIpc) is 3.02. The molecule has 6 nitrogen and oxygen atoms in total. The van der Waals surface area contributed by atoms with Gasteiger partial charge in [0.05, 0.1) is 19.5 Å². The molecule has 1 N–H and O–H groups in total. The first-order valence-electron chi connectivity index (χ1n) is 8.59. The topological polar surface area (TPSA) is 63.1 Å². The van der Waals surface area contributed by atoms with Crippen molar-refractivity contribution in [3.05, 3.63) is 48.0 Å². The summed E-state index contributed by atoms with van der Waals surface area (Å²) in [5.41, 5.74) is 0.357. The van der Waals surface area contributed by atoms with E-state index in [-0.39, 0.29) is 35.7 Å². The van der Waals surface area contributed by atoms with E-state index in [4.69, 9.17) is 0 Å². The van der Waals surface area contributed by atoms with E-state index in [0.717, 1.165) is 16.9 Å². The number of carbonyl (C=O) groups excluding carboxylic acids is 1. The molecule has 1 aliphatic rings. The highest BCUT2D eigenvalue weighted by molar-refractivity contribution is 5.90. The van der Waals surface area contributed by atoms with Gasteiger partial charge in [-0.2, -0.15) is 13.2 Å². The number of nitrogens with one attached hydrogen (secondary N) is 1. The molecule has 2 aromatic heterocycles. The van der Waals surface area contributed by atoms with Gasteiger partial charge in [0.15, 0.2) is 5.65 Å². The van der Waals surface area contributed by atoms with E-state index in [1.807, 2.05) is 0 Å². The third-order valence-corrected chi connectivity index (χ3v) is 4.39. The van der Waals surface area contributed by atoms with Crippen LogP contribution in [0.1, 0.15) is 5.56 Å². The van der Waals surface area contributed by atoms with E-state index < -0.39 is 30.6 Å². The molecule has 0 unspecified atom stereocenters. The number of urea groups is 1. The number of hydrogen-bond donors (Lipinski definition) is 1.